The lowest BCUT2D eigenvalue weighted by molar-refractivity contribution is -0.111. The zero-order chi connectivity index (χ0) is 23.9. The summed E-state index contributed by atoms with van der Waals surface area (Å²) in [5.41, 5.74) is 2.36. The van der Waals surface area contributed by atoms with Gasteiger partial charge in [-0.2, -0.15) is 5.26 Å². The molecule has 2 amide bonds. The van der Waals surface area contributed by atoms with Crippen LogP contribution in [0.25, 0.3) is 6.08 Å². The Hall–Kier alpha value is -3.22. The summed E-state index contributed by atoms with van der Waals surface area (Å²) in [6.45, 7) is 1.58. The molecule has 9 heteroatoms. The fourth-order valence-corrected chi connectivity index (χ4v) is 5.83. The fraction of sp³-hybridized carbons (Fsp3) is 0.440. The number of ether oxygens (including phenoxy) is 2. The lowest BCUT2D eigenvalue weighted by Gasteiger charge is -2.26. The molecule has 2 aromatic rings. The van der Waals surface area contributed by atoms with Crippen LogP contribution in [0, 0.1) is 17.2 Å². The predicted octanol–water partition coefficient (Wildman–Crippen LogP) is 4.02. The quantitative estimate of drug-likeness (QED) is 0.600. The number of methoxy groups -OCH3 is 1. The van der Waals surface area contributed by atoms with E-state index < -0.39 is 0 Å². The Labute approximate surface area is 203 Å². The van der Waals surface area contributed by atoms with Crippen molar-refractivity contribution in [2.75, 3.05) is 32.2 Å². The number of pyridine rings is 1. The first-order chi connectivity index (χ1) is 16.6. The number of nitriles is 1. The van der Waals surface area contributed by atoms with E-state index in [-0.39, 0.29) is 24.0 Å². The summed E-state index contributed by atoms with van der Waals surface area (Å²) in [5.74, 6) is -0.0974. The molecule has 4 rings (SSSR count). The van der Waals surface area contributed by atoms with Crippen molar-refractivity contribution < 1.29 is 19.1 Å². The zero-order valence-corrected chi connectivity index (χ0v) is 20.0. The van der Waals surface area contributed by atoms with Crippen LogP contribution in [0.2, 0.25) is 0 Å². The number of amides is 2. The van der Waals surface area contributed by atoms with Crippen LogP contribution < -0.4 is 5.32 Å². The van der Waals surface area contributed by atoms with Gasteiger partial charge in [-0.3, -0.25) is 9.78 Å². The van der Waals surface area contributed by atoms with Crippen molar-refractivity contribution in [3.63, 3.8) is 0 Å². The molecule has 0 radical (unpaired) electrons. The predicted molar refractivity (Wildman–Crippen MR) is 129 cm³/mol. The van der Waals surface area contributed by atoms with Gasteiger partial charge in [0, 0.05) is 37.0 Å². The van der Waals surface area contributed by atoms with E-state index in [1.165, 1.54) is 17.4 Å². The van der Waals surface area contributed by atoms with Crippen molar-refractivity contribution in [3.8, 4) is 6.07 Å². The highest BCUT2D eigenvalue weighted by atomic mass is 32.1. The summed E-state index contributed by atoms with van der Waals surface area (Å²) in [4.78, 5) is 31.8. The van der Waals surface area contributed by atoms with Gasteiger partial charge in [0.25, 0.3) is 0 Å². The lowest BCUT2D eigenvalue weighted by atomic mass is 9.88. The van der Waals surface area contributed by atoms with E-state index in [9.17, 15) is 14.9 Å². The molecule has 1 aliphatic heterocycles. The van der Waals surface area contributed by atoms with E-state index in [1.54, 1.807) is 36.5 Å². The average molecular weight is 481 g/mol. The number of likely N-dealkylation sites (tertiary alicyclic amines) is 1. The molecule has 178 valence electrons. The molecule has 1 aliphatic carbocycles. The van der Waals surface area contributed by atoms with Gasteiger partial charge < -0.3 is 19.7 Å². The summed E-state index contributed by atoms with van der Waals surface area (Å²) >= 11 is 1.44. The van der Waals surface area contributed by atoms with Crippen LogP contribution >= 0.6 is 11.3 Å². The van der Waals surface area contributed by atoms with Crippen LogP contribution in [-0.4, -0.2) is 54.8 Å². The maximum Gasteiger partial charge on any atom is 0.410 e. The second kappa shape index (κ2) is 11.3. The van der Waals surface area contributed by atoms with Gasteiger partial charge in [-0.25, -0.2) is 4.79 Å². The second-order valence-electron chi connectivity index (χ2n) is 8.56. The summed E-state index contributed by atoms with van der Waals surface area (Å²) in [5, 5.41) is 13.1. The van der Waals surface area contributed by atoms with Gasteiger partial charge in [0.15, 0.2) is 0 Å². The van der Waals surface area contributed by atoms with Gasteiger partial charge in [-0.15, -0.1) is 11.3 Å². The number of hydrogen-bond donors (Lipinski definition) is 1. The summed E-state index contributed by atoms with van der Waals surface area (Å²) < 4.78 is 10.9. The number of carbonyl (C=O) groups is 2. The maximum atomic E-state index is 12.6. The molecule has 2 aromatic heterocycles. The molecule has 2 aliphatic rings. The largest absolute Gasteiger partial charge is 0.449 e. The van der Waals surface area contributed by atoms with Crippen LogP contribution in [0.3, 0.4) is 0 Å². The first-order valence-corrected chi connectivity index (χ1v) is 12.3. The molecule has 1 unspecified atom stereocenters. The molecule has 0 bridgehead atoms. The SMILES string of the molecule is COC[C@@H]1CCCN1C(=O)OCC1CCc2c(sc(NC(=O)/C=C/c3cccnc3)c2C#N)C1. The maximum absolute atomic E-state index is 12.6. The Balaban J connectivity index is 1.35. The summed E-state index contributed by atoms with van der Waals surface area (Å²) in [6, 6.07) is 6.00. The van der Waals surface area contributed by atoms with Crippen LogP contribution in [0.4, 0.5) is 9.80 Å². The Morgan fingerprint density at radius 3 is 3.03 bits per heavy atom. The zero-order valence-electron chi connectivity index (χ0n) is 19.2. The van der Waals surface area contributed by atoms with E-state index in [0.717, 1.165) is 48.1 Å². The van der Waals surface area contributed by atoms with Crippen LogP contribution in [-0.2, 0) is 27.1 Å². The molecule has 0 aromatic carbocycles. The van der Waals surface area contributed by atoms with Crippen LogP contribution in [0.5, 0.6) is 0 Å². The third kappa shape index (κ3) is 5.64. The van der Waals surface area contributed by atoms with Crippen molar-refractivity contribution in [1.29, 1.82) is 5.26 Å². The molecule has 0 spiro atoms. The number of hydrogen-bond acceptors (Lipinski definition) is 7. The number of rotatable bonds is 7. The third-order valence-electron chi connectivity index (χ3n) is 6.24. The smallest absolute Gasteiger partial charge is 0.410 e. The molecule has 8 nitrogen and oxygen atoms in total. The van der Waals surface area contributed by atoms with Gasteiger partial charge in [-0.1, -0.05) is 6.07 Å². The molecule has 3 heterocycles. The Morgan fingerprint density at radius 1 is 1.38 bits per heavy atom. The fourth-order valence-electron chi connectivity index (χ4n) is 4.52. The van der Waals surface area contributed by atoms with Crippen molar-refractivity contribution in [2.24, 2.45) is 5.92 Å². The van der Waals surface area contributed by atoms with E-state index >= 15 is 0 Å². The lowest BCUT2D eigenvalue weighted by Crippen LogP contribution is -2.39. The van der Waals surface area contributed by atoms with E-state index in [0.29, 0.717) is 30.3 Å². The number of thiophene rings is 1. The number of anilines is 1. The van der Waals surface area contributed by atoms with Crippen LogP contribution in [0.1, 0.15) is 40.8 Å². The Bertz CT molecular complexity index is 1090. The van der Waals surface area contributed by atoms with Crippen molar-refractivity contribution in [3.05, 3.63) is 52.2 Å². The van der Waals surface area contributed by atoms with Gasteiger partial charge in [-0.05, 0) is 61.3 Å². The monoisotopic (exact) mass is 480 g/mol. The minimum absolute atomic E-state index is 0.0873. The number of carbonyl (C=O) groups excluding carboxylic acids is 2. The number of aromatic nitrogens is 1. The standard InChI is InChI=1S/C25H28N4O4S/c1-32-16-19-5-3-11-29(19)25(31)33-15-18-6-8-20-21(13-26)24(34-22(20)12-18)28-23(30)9-7-17-4-2-10-27-14-17/h2,4,7,9-10,14,18-19H,3,5-6,8,11-12,15-16H2,1H3,(H,28,30)/b9-7+/t18?,19-/m0/s1. The average Bonchev–Trinajstić information content (AvgIpc) is 3.45. The minimum Gasteiger partial charge on any atom is -0.449 e. The van der Waals surface area contributed by atoms with E-state index in [2.05, 4.69) is 16.4 Å². The minimum atomic E-state index is -0.291. The van der Waals surface area contributed by atoms with Gasteiger partial charge in [0.2, 0.25) is 5.91 Å². The topological polar surface area (TPSA) is 105 Å². The van der Waals surface area contributed by atoms with Gasteiger partial charge >= 0.3 is 6.09 Å². The molecule has 1 N–H and O–H groups in total. The number of nitrogens with zero attached hydrogens (tertiary/aromatic N) is 3. The second-order valence-corrected chi connectivity index (χ2v) is 9.66. The van der Waals surface area contributed by atoms with E-state index in [1.807, 2.05) is 6.07 Å². The number of nitrogens with one attached hydrogen (secondary N) is 1. The highest BCUT2D eigenvalue weighted by Gasteiger charge is 2.31. The van der Waals surface area contributed by atoms with E-state index in [4.69, 9.17) is 9.47 Å². The molecular weight excluding hydrogens is 452 g/mol. The number of fused-ring (bicyclic) bond motifs is 1. The van der Waals surface area contributed by atoms with Crippen molar-refractivity contribution >= 4 is 34.4 Å². The Kier molecular flexibility index (Phi) is 7.93. The molecule has 1 saturated heterocycles. The summed E-state index contributed by atoms with van der Waals surface area (Å²) in [6.07, 6.45) is 10.4. The van der Waals surface area contributed by atoms with Crippen molar-refractivity contribution in [1.82, 2.24) is 9.88 Å². The molecular formula is C25H28N4O4S. The van der Waals surface area contributed by atoms with Gasteiger partial charge in [0.05, 0.1) is 24.8 Å². The molecule has 2 atom stereocenters. The first-order valence-electron chi connectivity index (χ1n) is 11.4. The molecule has 1 fully saturated rings. The highest BCUT2D eigenvalue weighted by Crippen LogP contribution is 2.39. The molecule has 0 saturated carbocycles. The Morgan fingerprint density at radius 2 is 2.26 bits per heavy atom. The third-order valence-corrected chi connectivity index (χ3v) is 7.41. The normalized spacial score (nSPS) is 19.6. The highest BCUT2D eigenvalue weighted by molar-refractivity contribution is 7.16. The molecule has 34 heavy (non-hydrogen) atoms. The first kappa shape index (κ1) is 23.9. The van der Waals surface area contributed by atoms with Gasteiger partial charge in [0.1, 0.15) is 11.1 Å². The summed E-state index contributed by atoms with van der Waals surface area (Å²) in [7, 11) is 1.64. The van der Waals surface area contributed by atoms with Crippen molar-refractivity contribution in [2.45, 2.75) is 38.1 Å². The van der Waals surface area contributed by atoms with Crippen LogP contribution in [0.15, 0.2) is 30.6 Å².